The standard InChI is InChI=1S/C12H13NO7/c1-8(7-18-13(16)17)19-12(15)10-5-3-4-6-11(10)20-9(2)14/h3-6,8H,7H2,1-2H3. The highest BCUT2D eigenvalue weighted by atomic mass is 17.0. The van der Waals surface area contributed by atoms with Crippen molar-refractivity contribution in [2.75, 3.05) is 6.61 Å². The predicted molar refractivity (Wildman–Crippen MR) is 65.6 cm³/mol. The second kappa shape index (κ2) is 7.07. The highest BCUT2D eigenvalue weighted by Gasteiger charge is 2.18. The molecule has 0 aromatic heterocycles. The third-order valence-corrected chi connectivity index (χ3v) is 2.08. The Kier molecular flexibility index (Phi) is 5.45. The van der Waals surface area contributed by atoms with Gasteiger partial charge in [-0.25, -0.2) is 4.79 Å². The van der Waals surface area contributed by atoms with E-state index in [4.69, 9.17) is 9.47 Å². The average molecular weight is 283 g/mol. The van der Waals surface area contributed by atoms with Crippen LogP contribution in [0.4, 0.5) is 0 Å². The molecule has 0 aliphatic rings. The molecule has 0 fully saturated rings. The van der Waals surface area contributed by atoms with Crippen molar-refractivity contribution in [1.82, 2.24) is 0 Å². The molecule has 0 radical (unpaired) electrons. The smallest absolute Gasteiger partial charge is 0.342 e. The Morgan fingerprint density at radius 3 is 2.60 bits per heavy atom. The number of carbonyl (C=O) groups is 2. The van der Waals surface area contributed by atoms with E-state index in [1.165, 1.54) is 26.0 Å². The topological polar surface area (TPSA) is 105 Å². The maximum Gasteiger partial charge on any atom is 0.342 e. The second-order valence-corrected chi connectivity index (χ2v) is 3.83. The summed E-state index contributed by atoms with van der Waals surface area (Å²) >= 11 is 0. The van der Waals surface area contributed by atoms with Crippen LogP contribution in [0.1, 0.15) is 24.2 Å². The van der Waals surface area contributed by atoms with Gasteiger partial charge in [0.25, 0.3) is 5.09 Å². The van der Waals surface area contributed by atoms with Gasteiger partial charge in [0.15, 0.2) is 0 Å². The van der Waals surface area contributed by atoms with Gasteiger partial charge < -0.3 is 14.3 Å². The summed E-state index contributed by atoms with van der Waals surface area (Å²) in [5.74, 6) is -1.27. The zero-order valence-electron chi connectivity index (χ0n) is 10.9. The summed E-state index contributed by atoms with van der Waals surface area (Å²) in [5, 5.41) is 9.05. The van der Waals surface area contributed by atoms with Crippen molar-refractivity contribution in [3.63, 3.8) is 0 Å². The lowest BCUT2D eigenvalue weighted by Gasteiger charge is -2.13. The Bertz CT molecular complexity index is 514. The van der Waals surface area contributed by atoms with Crippen molar-refractivity contribution in [2.24, 2.45) is 0 Å². The number of rotatable bonds is 6. The summed E-state index contributed by atoms with van der Waals surface area (Å²) in [7, 11) is 0. The van der Waals surface area contributed by atoms with Crippen LogP contribution in [0.2, 0.25) is 0 Å². The number of nitrogens with zero attached hydrogens (tertiary/aromatic N) is 1. The van der Waals surface area contributed by atoms with Crippen LogP contribution in [0.25, 0.3) is 0 Å². The Morgan fingerprint density at radius 1 is 1.35 bits per heavy atom. The van der Waals surface area contributed by atoms with E-state index in [9.17, 15) is 19.7 Å². The zero-order valence-corrected chi connectivity index (χ0v) is 10.9. The molecule has 8 heteroatoms. The summed E-state index contributed by atoms with van der Waals surface area (Å²) < 4.78 is 9.82. The lowest BCUT2D eigenvalue weighted by Crippen LogP contribution is -2.22. The molecule has 0 spiro atoms. The van der Waals surface area contributed by atoms with Crippen molar-refractivity contribution < 1.29 is 29.0 Å². The molecule has 1 aromatic carbocycles. The minimum absolute atomic E-state index is 0.0515. The molecule has 1 atom stereocenters. The molecular formula is C12H13NO7. The minimum Gasteiger partial charge on any atom is -0.457 e. The molecular weight excluding hydrogens is 270 g/mol. The number of para-hydroxylation sites is 1. The number of hydrogen-bond donors (Lipinski definition) is 0. The normalized spacial score (nSPS) is 11.3. The maximum absolute atomic E-state index is 11.9. The third-order valence-electron chi connectivity index (χ3n) is 2.08. The molecule has 0 saturated heterocycles. The van der Waals surface area contributed by atoms with Gasteiger partial charge in [0.1, 0.15) is 24.0 Å². The first kappa shape index (κ1) is 15.4. The first-order valence-electron chi connectivity index (χ1n) is 5.66. The van der Waals surface area contributed by atoms with Gasteiger partial charge in [-0.15, -0.1) is 10.1 Å². The van der Waals surface area contributed by atoms with Gasteiger partial charge in [0.2, 0.25) is 0 Å². The van der Waals surface area contributed by atoms with E-state index in [-0.39, 0.29) is 17.9 Å². The lowest BCUT2D eigenvalue weighted by molar-refractivity contribution is -0.759. The summed E-state index contributed by atoms with van der Waals surface area (Å²) in [6, 6.07) is 6.02. The molecule has 0 N–H and O–H groups in total. The van der Waals surface area contributed by atoms with Crippen molar-refractivity contribution in [3.05, 3.63) is 39.9 Å². The quantitative estimate of drug-likeness (QED) is 0.336. The number of benzene rings is 1. The monoisotopic (exact) mass is 283 g/mol. The first-order valence-corrected chi connectivity index (χ1v) is 5.66. The van der Waals surface area contributed by atoms with E-state index in [2.05, 4.69) is 4.84 Å². The van der Waals surface area contributed by atoms with Crippen LogP contribution >= 0.6 is 0 Å². The van der Waals surface area contributed by atoms with Crippen LogP contribution in [0.5, 0.6) is 5.75 Å². The van der Waals surface area contributed by atoms with E-state index in [1.54, 1.807) is 12.1 Å². The fourth-order valence-corrected chi connectivity index (χ4v) is 1.33. The molecule has 0 bridgehead atoms. The van der Waals surface area contributed by atoms with E-state index in [1.807, 2.05) is 0 Å². The summed E-state index contributed by atoms with van der Waals surface area (Å²) in [4.78, 5) is 36.9. The number of esters is 2. The molecule has 108 valence electrons. The van der Waals surface area contributed by atoms with Crippen LogP contribution < -0.4 is 4.74 Å². The van der Waals surface area contributed by atoms with Crippen molar-refractivity contribution >= 4 is 11.9 Å². The highest BCUT2D eigenvalue weighted by Crippen LogP contribution is 2.19. The van der Waals surface area contributed by atoms with E-state index in [0.29, 0.717) is 0 Å². The highest BCUT2D eigenvalue weighted by molar-refractivity contribution is 5.93. The van der Waals surface area contributed by atoms with Gasteiger partial charge in [-0.1, -0.05) is 12.1 Å². The molecule has 20 heavy (non-hydrogen) atoms. The fraction of sp³-hybridized carbons (Fsp3) is 0.333. The molecule has 0 amide bonds. The molecule has 1 aromatic rings. The Hall–Kier alpha value is -2.64. The van der Waals surface area contributed by atoms with Gasteiger partial charge in [-0.3, -0.25) is 4.79 Å². The Morgan fingerprint density at radius 2 is 2.00 bits per heavy atom. The number of hydrogen-bond acceptors (Lipinski definition) is 7. The van der Waals surface area contributed by atoms with Crippen LogP contribution in [-0.4, -0.2) is 29.7 Å². The summed E-state index contributed by atoms with van der Waals surface area (Å²) in [6.07, 6.45) is -0.821. The fourth-order valence-electron chi connectivity index (χ4n) is 1.33. The molecule has 0 saturated carbocycles. The van der Waals surface area contributed by atoms with Crippen LogP contribution in [0, 0.1) is 10.1 Å². The molecule has 0 heterocycles. The molecule has 8 nitrogen and oxygen atoms in total. The second-order valence-electron chi connectivity index (χ2n) is 3.83. The van der Waals surface area contributed by atoms with Crippen molar-refractivity contribution in [2.45, 2.75) is 20.0 Å². The van der Waals surface area contributed by atoms with E-state index >= 15 is 0 Å². The zero-order chi connectivity index (χ0) is 15.1. The molecule has 0 aliphatic heterocycles. The third kappa shape index (κ3) is 4.92. The Balaban J connectivity index is 2.72. The lowest BCUT2D eigenvalue weighted by atomic mass is 10.2. The summed E-state index contributed by atoms with van der Waals surface area (Å²) in [6.45, 7) is 2.26. The first-order chi connectivity index (χ1) is 9.40. The average Bonchev–Trinajstić information content (AvgIpc) is 2.36. The SMILES string of the molecule is CC(=O)Oc1ccccc1C(=O)OC(C)CO[N+](=O)[O-]. The minimum atomic E-state index is -0.975. The van der Waals surface area contributed by atoms with E-state index in [0.717, 1.165) is 0 Å². The predicted octanol–water partition coefficient (Wildman–Crippen LogP) is 1.37. The largest absolute Gasteiger partial charge is 0.457 e. The van der Waals surface area contributed by atoms with Gasteiger partial charge in [0, 0.05) is 6.92 Å². The van der Waals surface area contributed by atoms with Crippen LogP contribution in [0.3, 0.4) is 0 Å². The van der Waals surface area contributed by atoms with E-state index < -0.39 is 23.1 Å². The Labute approximate surface area is 114 Å². The van der Waals surface area contributed by atoms with Gasteiger partial charge in [-0.2, -0.15) is 0 Å². The van der Waals surface area contributed by atoms with Gasteiger partial charge in [0.05, 0.1) is 0 Å². The molecule has 1 unspecified atom stereocenters. The van der Waals surface area contributed by atoms with Crippen LogP contribution in [0.15, 0.2) is 24.3 Å². The van der Waals surface area contributed by atoms with Gasteiger partial charge >= 0.3 is 11.9 Å². The van der Waals surface area contributed by atoms with Crippen molar-refractivity contribution in [3.8, 4) is 5.75 Å². The van der Waals surface area contributed by atoms with Gasteiger partial charge in [-0.05, 0) is 19.1 Å². The molecule has 0 aliphatic carbocycles. The number of ether oxygens (including phenoxy) is 2. The maximum atomic E-state index is 11.9. The summed E-state index contributed by atoms with van der Waals surface area (Å²) in [5.41, 5.74) is 0.0515. The number of carbonyl (C=O) groups excluding carboxylic acids is 2. The van der Waals surface area contributed by atoms with Crippen LogP contribution in [-0.2, 0) is 14.4 Å². The molecule has 1 rings (SSSR count). The van der Waals surface area contributed by atoms with Crippen molar-refractivity contribution in [1.29, 1.82) is 0 Å².